The molecule has 4 nitrogen and oxygen atoms in total. The van der Waals surface area contributed by atoms with Crippen LogP contribution in [0.1, 0.15) is 34.1 Å². The third-order valence-corrected chi connectivity index (χ3v) is 1.34. The Bertz CT molecular complexity index is 218. The molecule has 0 atom stereocenters. The lowest BCUT2D eigenvalue weighted by molar-refractivity contribution is 0.0524. The summed E-state index contributed by atoms with van der Waals surface area (Å²) in [6.45, 7) is 12.0. The van der Waals surface area contributed by atoms with Crippen molar-refractivity contribution in [2.75, 3.05) is 13.2 Å². The normalized spacial score (nSPS) is 10.7. The molecule has 0 aliphatic carbocycles. The van der Waals surface area contributed by atoms with Crippen LogP contribution in [-0.2, 0) is 9.47 Å². The predicted molar refractivity (Wildman–Crippen MR) is 59.6 cm³/mol. The quantitative estimate of drug-likeness (QED) is 0.566. The number of carbonyl (C=O) groups excluding carboxylic acids is 1. The fourth-order valence-electron chi connectivity index (χ4n) is 0.823. The highest BCUT2D eigenvalue weighted by atomic mass is 16.6. The van der Waals surface area contributed by atoms with Gasteiger partial charge in [0.2, 0.25) is 0 Å². The van der Waals surface area contributed by atoms with E-state index in [0.29, 0.717) is 18.9 Å². The zero-order chi connectivity index (χ0) is 11.9. The van der Waals surface area contributed by atoms with E-state index in [2.05, 4.69) is 11.9 Å². The summed E-state index contributed by atoms with van der Waals surface area (Å²) in [4.78, 5) is 11.2. The molecule has 0 aliphatic heterocycles. The second kappa shape index (κ2) is 6.32. The fourth-order valence-corrected chi connectivity index (χ4v) is 0.823. The van der Waals surface area contributed by atoms with E-state index in [1.54, 1.807) is 6.92 Å². The first-order valence-corrected chi connectivity index (χ1v) is 5.06. The predicted octanol–water partition coefficient (Wildman–Crippen LogP) is 2.45. The third kappa shape index (κ3) is 10.7. The molecule has 1 N–H and O–H groups in total. The molecule has 0 aromatic heterocycles. The van der Waals surface area contributed by atoms with E-state index in [9.17, 15) is 4.79 Å². The van der Waals surface area contributed by atoms with Crippen LogP contribution in [0.4, 0.5) is 4.79 Å². The molecule has 15 heavy (non-hydrogen) atoms. The van der Waals surface area contributed by atoms with E-state index < -0.39 is 11.7 Å². The molecule has 0 unspecified atom stereocenters. The van der Waals surface area contributed by atoms with E-state index in [-0.39, 0.29) is 0 Å². The van der Waals surface area contributed by atoms with E-state index in [4.69, 9.17) is 9.47 Å². The van der Waals surface area contributed by atoms with Crippen molar-refractivity contribution < 1.29 is 14.3 Å². The molecule has 88 valence electrons. The van der Waals surface area contributed by atoms with Crippen LogP contribution in [0.25, 0.3) is 0 Å². The highest BCUT2D eigenvalue weighted by molar-refractivity contribution is 5.67. The minimum absolute atomic E-state index is 0.391. The van der Waals surface area contributed by atoms with Gasteiger partial charge in [-0.05, 0) is 34.1 Å². The van der Waals surface area contributed by atoms with Crippen LogP contribution in [0.15, 0.2) is 12.3 Å². The third-order valence-electron chi connectivity index (χ3n) is 1.34. The van der Waals surface area contributed by atoms with Crippen molar-refractivity contribution in [2.45, 2.75) is 39.7 Å². The van der Waals surface area contributed by atoms with Gasteiger partial charge in [-0.15, -0.1) is 0 Å². The van der Waals surface area contributed by atoms with Gasteiger partial charge in [0.15, 0.2) is 0 Å². The summed E-state index contributed by atoms with van der Waals surface area (Å²) < 4.78 is 10.2. The van der Waals surface area contributed by atoms with Gasteiger partial charge in [-0.2, -0.15) is 0 Å². The first kappa shape index (κ1) is 13.8. The molecule has 0 rings (SSSR count). The fraction of sp³-hybridized carbons (Fsp3) is 0.727. The number of hydrogen-bond donors (Lipinski definition) is 1. The number of carbonyl (C=O) groups is 1. The average molecular weight is 215 g/mol. The standard InChI is InChI=1S/C11H21NO3/c1-9(2)14-8-6-7-12-10(13)15-11(3,4)5/h1,6-8H2,2-5H3,(H,12,13). The number of rotatable bonds is 5. The molecular weight excluding hydrogens is 194 g/mol. The molecule has 0 aliphatic rings. The lowest BCUT2D eigenvalue weighted by Crippen LogP contribution is -2.33. The summed E-state index contributed by atoms with van der Waals surface area (Å²) in [6.07, 6.45) is 0.351. The van der Waals surface area contributed by atoms with Crippen molar-refractivity contribution in [3.8, 4) is 0 Å². The van der Waals surface area contributed by atoms with E-state index >= 15 is 0 Å². The Morgan fingerprint density at radius 1 is 1.40 bits per heavy atom. The SMILES string of the molecule is C=C(C)OCCCNC(=O)OC(C)(C)C. The lowest BCUT2D eigenvalue weighted by Gasteiger charge is -2.19. The number of amides is 1. The maximum atomic E-state index is 11.2. The van der Waals surface area contributed by atoms with Gasteiger partial charge in [0, 0.05) is 6.54 Å². The van der Waals surface area contributed by atoms with E-state index in [0.717, 1.165) is 6.42 Å². The summed E-state index contributed by atoms with van der Waals surface area (Å²) in [5, 5.41) is 2.64. The van der Waals surface area contributed by atoms with Crippen LogP contribution in [0.2, 0.25) is 0 Å². The monoisotopic (exact) mass is 215 g/mol. The van der Waals surface area contributed by atoms with Gasteiger partial charge in [-0.3, -0.25) is 0 Å². The number of hydrogen-bond acceptors (Lipinski definition) is 3. The number of nitrogens with one attached hydrogen (secondary N) is 1. The molecular formula is C11H21NO3. The van der Waals surface area contributed by atoms with Crippen LogP contribution in [-0.4, -0.2) is 24.8 Å². The van der Waals surface area contributed by atoms with Crippen molar-refractivity contribution in [3.05, 3.63) is 12.3 Å². The summed E-state index contributed by atoms with van der Waals surface area (Å²) in [5.74, 6) is 0.687. The largest absolute Gasteiger partial charge is 0.499 e. The highest BCUT2D eigenvalue weighted by Crippen LogP contribution is 2.06. The van der Waals surface area contributed by atoms with Gasteiger partial charge < -0.3 is 14.8 Å². The van der Waals surface area contributed by atoms with Crippen LogP contribution < -0.4 is 5.32 Å². The Morgan fingerprint density at radius 3 is 2.47 bits per heavy atom. The molecule has 0 spiro atoms. The molecule has 0 aromatic carbocycles. The minimum atomic E-state index is -0.446. The van der Waals surface area contributed by atoms with Gasteiger partial charge in [-0.1, -0.05) is 6.58 Å². The molecule has 0 saturated heterocycles. The molecule has 0 bridgehead atoms. The first-order chi connectivity index (χ1) is 6.81. The van der Waals surface area contributed by atoms with Gasteiger partial charge in [0.25, 0.3) is 0 Å². The molecule has 0 saturated carbocycles. The first-order valence-electron chi connectivity index (χ1n) is 5.06. The Hall–Kier alpha value is -1.19. The Balaban J connectivity index is 3.44. The molecule has 0 heterocycles. The number of alkyl carbamates (subject to hydrolysis) is 1. The van der Waals surface area contributed by atoms with Crippen LogP contribution in [0.3, 0.4) is 0 Å². The van der Waals surface area contributed by atoms with Gasteiger partial charge in [0.05, 0.1) is 12.4 Å². The second-order valence-electron chi connectivity index (χ2n) is 4.33. The van der Waals surface area contributed by atoms with Gasteiger partial charge in [0.1, 0.15) is 5.60 Å². The summed E-state index contributed by atoms with van der Waals surface area (Å²) in [7, 11) is 0. The minimum Gasteiger partial charge on any atom is -0.499 e. The topological polar surface area (TPSA) is 47.6 Å². The van der Waals surface area contributed by atoms with Crippen LogP contribution in [0.5, 0.6) is 0 Å². The van der Waals surface area contributed by atoms with Crippen molar-refractivity contribution >= 4 is 6.09 Å². The zero-order valence-electron chi connectivity index (χ0n) is 10.1. The van der Waals surface area contributed by atoms with Crippen molar-refractivity contribution in [1.29, 1.82) is 0 Å². The smallest absolute Gasteiger partial charge is 0.407 e. The zero-order valence-corrected chi connectivity index (χ0v) is 10.1. The lowest BCUT2D eigenvalue weighted by atomic mass is 10.2. The van der Waals surface area contributed by atoms with Crippen molar-refractivity contribution in [2.24, 2.45) is 0 Å². The molecule has 4 heteroatoms. The Kier molecular flexibility index (Phi) is 5.82. The van der Waals surface area contributed by atoms with Crippen molar-refractivity contribution in [3.63, 3.8) is 0 Å². The Labute approximate surface area is 91.6 Å². The molecule has 0 fully saturated rings. The van der Waals surface area contributed by atoms with Gasteiger partial charge in [-0.25, -0.2) is 4.79 Å². The summed E-state index contributed by atoms with van der Waals surface area (Å²) in [6, 6.07) is 0. The van der Waals surface area contributed by atoms with E-state index in [1.165, 1.54) is 0 Å². The summed E-state index contributed by atoms with van der Waals surface area (Å²) in [5.41, 5.74) is -0.446. The maximum Gasteiger partial charge on any atom is 0.407 e. The van der Waals surface area contributed by atoms with E-state index in [1.807, 2.05) is 20.8 Å². The van der Waals surface area contributed by atoms with Crippen LogP contribution in [0, 0.1) is 0 Å². The highest BCUT2D eigenvalue weighted by Gasteiger charge is 2.15. The van der Waals surface area contributed by atoms with Crippen molar-refractivity contribution in [1.82, 2.24) is 5.32 Å². The molecule has 0 aromatic rings. The Morgan fingerprint density at radius 2 is 2.00 bits per heavy atom. The molecule has 1 amide bonds. The second-order valence-corrected chi connectivity index (χ2v) is 4.33. The van der Waals surface area contributed by atoms with Crippen LogP contribution >= 0.6 is 0 Å². The maximum absolute atomic E-state index is 11.2. The number of allylic oxidation sites excluding steroid dienone is 1. The van der Waals surface area contributed by atoms with Gasteiger partial charge >= 0.3 is 6.09 Å². The average Bonchev–Trinajstić information content (AvgIpc) is 1.99. The number of ether oxygens (including phenoxy) is 2. The summed E-state index contributed by atoms with van der Waals surface area (Å²) >= 11 is 0. The molecule has 0 radical (unpaired) electrons.